The highest BCUT2D eigenvalue weighted by Gasteiger charge is 2.46. The van der Waals surface area contributed by atoms with Crippen LogP contribution in [0.4, 0.5) is 17.1 Å². The van der Waals surface area contributed by atoms with Gasteiger partial charge in [-0.15, -0.1) is 0 Å². The number of aromatic nitrogens is 2. The van der Waals surface area contributed by atoms with Crippen molar-refractivity contribution in [1.29, 1.82) is 0 Å². The minimum Gasteiger partial charge on any atom is -0.347 e. The maximum Gasteiger partial charge on any atom is 0.368 e. The SMILES string of the molecule is Cc1ccc(N2NOC(=O)C2S(=O)(=O)Nc2ccc(-n3c(-c4cccc([N+](=O)[O-])c4)nc4ccccc4c3=O)cc2)cc1. The number of sulfonamides is 1. The van der Waals surface area contributed by atoms with Gasteiger partial charge in [-0.1, -0.05) is 47.6 Å². The van der Waals surface area contributed by atoms with Gasteiger partial charge in [0.1, 0.15) is 5.82 Å². The number of fused-ring (bicyclic) bond motifs is 1. The van der Waals surface area contributed by atoms with Crippen LogP contribution in [0.15, 0.2) is 102 Å². The summed E-state index contributed by atoms with van der Waals surface area (Å²) in [5, 5.41) is 11.1. The van der Waals surface area contributed by atoms with Crippen LogP contribution in [0, 0.1) is 17.0 Å². The molecule has 14 heteroatoms. The van der Waals surface area contributed by atoms with E-state index in [1.54, 1.807) is 54.6 Å². The van der Waals surface area contributed by atoms with Gasteiger partial charge in [0.25, 0.3) is 26.6 Å². The molecule has 1 aromatic heterocycles. The number of aryl methyl sites for hydroxylation is 1. The lowest BCUT2D eigenvalue weighted by atomic mass is 10.1. The molecule has 0 saturated carbocycles. The molecule has 1 atom stereocenters. The lowest BCUT2D eigenvalue weighted by molar-refractivity contribution is -0.384. The number of carbonyl (C=O) groups is 1. The molecule has 1 aliphatic rings. The van der Waals surface area contributed by atoms with Crippen molar-refractivity contribution in [3.63, 3.8) is 0 Å². The van der Waals surface area contributed by atoms with Gasteiger partial charge in [-0.3, -0.25) is 24.2 Å². The summed E-state index contributed by atoms with van der Waals surface area (Å²) in [4.78, 5) is 46.5. The highest BCUT2D eigenvalue weighted by molar-refractivity contribution is 7.94. The third-order valence-electron chi connectivity index (χ3n) is 6.76. The van der Waals surface area contributed by atoms with Crippen LogP contribution in [0.25, 0.3) is 28.0 Å². The second-order valence-corrected chi connectivity index (χ2v) is 11.4. The summed E-state index contributed by atoms with van der Waals surface area (Å²) < 4.78 is 30.4. The van der Waals surface area contributed by atoms with Crippen LogP contribution in [0.5, 0.6) is 0 Å². The molecule has 0 aliphatic carbocycles. The Labute approximate surface area is 244 Å². The predicted molar refractivity (Wildman–Crippen MR) is 159 cm³/mol. The molecule has 13 nitrogen and oxygen atoms in total. The van der Waals surface area contributed by atoms with Gasteiger partial charge in [-0.2, -0.15) is 0 Å². The van der Waals surface area contributed by atoms with Crippen molar-refractivity contribution in [2.24, 2.45) is 0 Å². The Morgan fingerprint density at radius 1 is 0.930 bits per heavy atom. The molecule has 0 spiro atoms. The second kappa shape index (κ2) is 10.7. The zero-order valence-corrected chi connectivity index (χ0v) is 23.2. The smallest absolute Gasteiger partial charge is 0.347 e. The maximum atomic E-state index is 13.7. The first-order valence-corrected chi connectivity index (χ1v) is 14.4. The van der Waals surface area contributed by atoms with Crippen LogP contribution < -0.4 is 20.9 Å². The Bertz CT molecular complexity index is 2060. The normalized spacial score (nSPS) is 15.0. The second-order valence-electron chi connectivity index (χ2n) is 9.66. The van der Waals surface area contributed by atoms with Gasteiger partial charge in [0, 0.05) is 23.4 Å². The Hall–Kier alpha value is -5.60. The third kappa shape index (κ3) is 5.16. The molecule has 0 radical (unpaired) electrons. The number of hydrogen-bond donors (Lipinski definition) is 2. The van der Waals surface area contributed by atoms with Gasteiger partial charge in [0.2, 0.25) is 0 Å². The van der Waals surface area contributed by atoms with Crippen LogP contribution in [-0.4, -0.2) is 34.2 Å². The molecule has 43 heavy (non-hydrogen) atoms. The highest BCUT2D eigenvalue weighted by Crippen LogP contribution is 2.28. The first-order valence-electron chi connectivity index (χ1n) is 12.8. The van der Waals surface area contributed by atoms with Crippen molar-refractivity contribution >= 4 is 44.0 Å². The zero-order valence-electron chi connectivity index (χ0n) is 22.4. The molecular formula is C29H22N6O7S. The van der Waals surface area contributed by atoms with Crippen LogP contribution in [-0.2, 0) is 19.7 Å². The van der Waals surface area contributed by atoms with Gasteiger partial charge in [0.15, 0.2) is 0 Å². The van der Waals surface area contributed by atoms with Gasteiger partial charge >= 0.3 is 5.97 Å². The summed E-state index contributed by atoms with van der Waals surface area (Å²) >= 11 is 0. The summed E-state index contributed by atoms with van der Waals surface area (Å²) in [7, 11) is -4.35. The third-order valence-corrected chi connectivity index (χ3v) is 8.27. The number of carbonyl (C=O) groups excluding carboxylic acids is 1. The standard InChI is InChI=1S/C29H22N6O7S/c1-18-9-13-22(14-10-18)34-28(29(37)42-32-34)43(40,41)31-20-11-15-21(16-12-20)33-26(19-5-4-6-23(17-19)35(38)39)30-25-8-3-2-7-24(25)27(33)36/h2-17,28,31-32H,1H3. The average Bonchev–Trinajstić information content (AvgIpc) is 3.40. The van der Waals surface area contributed by atoms with E-state index in [1.165, 1.54) is 47.0 Å². The topological polar surface area (TPSA) is 166 Å². The number of para-hydroxylation sites is 1. The Balaban J connectivity index is 1.37. The van der Waals surface area contributed by atoms with Crippen LogP contribution in [0.2, 0.25) is 0 Å². The first-order chi connectivity index (χ1) is 20.6. The van der Waals surface area contributed by atoms with Crippen molar-refractivity contribution in [2.75, 3.05) is 9.73 Å². The molecular weight excluding hydrogens is 576 g/mol. The van der Waals surface area contributed by atoms with E-state index in [0.29, 0.717) is 27.8 Å². The van der Waals surface area contributed by atoms with E-state index in [9.17, 15) is 28.1 Å². The summed E-state index contributed by atoms with van der Waals surface area (Å²) in [5.41, 5.74) is 4.29. The number of non-ortho nitro benzene ring substituents is 1. The number of hydrogen-bond acceptors (Lipinski definition) is 10. The number of nitro benzene ring substituents is 1. The summed E-state index contributed by atoms with van der Waals surface area (Å²) in [5.74, 6) is -0.852. The molecule has 1 saturated heterocycles. The monoisotopic (exact) mass is 598 g/mol. The maximum absolute atomic E-state index is 13.7. The molecule has 5 aromatic rings. The van der Waals surface area contributed by atoms with E-state index in [-0.39, 0.29) is 17.2 Å². The van der Waals surface area contributed by atoms with Gasteiger partial charge < -0.3 is 4.84 Å². The minimum absolute atomic E-state index is 0.117. The first kappa shape index (κ1) is 27.6. The molecule has 1 unspecified atom stereocenters. The summed E-state index contributed by atoms with van der Waals surface area (Å²) in [6.45, 7) is 1.87. The van der Waals surface area contributed by atoms with E-state index in [0.717, 1.165) is 10.6 Å². The fourth-order valence-electron chi connectivity index (χ4n) is 4.68. The lowest BCUT2D eigenvalue weighted by Gasteiger charge is -2.22. The number of hydrazine groups is 1. The molecule has 4 aromatic carbocycles. The van der Waals surface area contributed by atoms with Crippen molar-refractivity contribution in [3.8, 4) is 17.1 Å². The predicted octanol–water partition coefficient (Wildman–Crippen LogP) is 3.82. The van der Waals surface area contributed by atoms with E-state index in [2.05, 4.69) is 15.3 Å². The Morgan fingerprint density at radius 2 is 1.63 bits per heavy atom. The Morgan fingerprint density at radius 3 is 2.35 bits per heavy atom. The van der Waals surface area contributed by atoms with E-state index >= 15 is 0 Å². The number of anilines is 2. The molecule has 1 aliphatic heterocycles. The van der Waals surface area contributed by atoms with Crippen LogP contribution >= 0.6 is 0 Å². The average molecular weight is 599 g/mol. The highest BCUT2D eigenvalue weighted by atomic mass is 32.2. The van der Waals surface area contributed by atoms with Crippen molar-refractivity contribution in [1.82, 2.24) is 15.1 Å². The summed E-state index contributed by atoms with van der Waals surface area (Å²) in [6.07, 6.45) is 0. The van der Waals surface area contributed by atoms with Crippen molar-refractivity contribution in [2.45, 2.75) is 12.3 Å². The molecule has 0 bridgehead atoms. The molecule has 1 fully saturated rings. The van der Waals surface area contributed by atoms with E-state index < -0.39 is 31.8 Å². The quantitative estimate of drug-likeness (QED) is 0.208. The van der Waals surface area contributed by atoms with Gasteiger partial charge in [-0.05, 0) is 55.5 Å². The molecule has 216 valence electrons. The molecule has 6 rings (SSSR count). The number of nitrogens with zero attached hydrogens (tertiary/aromatic N) is 4. The lowest BCUT2D eigenvalue weighted by Crippen LogP contribution is -2.46. The van der Waals surface area contributed by atoms with Crippen LogP contribution in [0.1, 0.15) is 5.56 Å². The fraction of sp³-hybridized carbons (Fsp3) is 0.0690. The molecule has 2 heterocycles. The number of benzene rings is 4. The number of nitro groups is 1. The number of nitrogens with one attached hydrogen (secondary N) is 2. The number of rotatable bonds is 7. The van der Waals surface area contributed by atoms with E-state index in [4.69, 9.17) is 4.84 Å². The van der Waals surface area contributed by atoms with Crippen LogP contribution in [0.3, 0.4) is 0 Å². The fourth-order valence-corrected chi connectivity index (χ4v) is 6.00. The molecule has 2 N–H and O–H groups in total. The van der Waals surface area contributed by atoms with Crippen molar-refractivity contribution < 1.29 is 23.0 Å². The van der Waals surface area contributed by atoms with E-state index in [1.807, 2.05) is 6.92 Å². The molecule has 0 amide bonds. The van der Waals surface area contributed by atoms with Crippen molar-refractivity contribution in [3.05, 3.63) is 123 Å². The summed E-state index contributed by atoms with van der Waals surface area (Å²) in [6, 6.07) is 25.2. The minimum atomic E-state index is -4.35. The van der Waals surface area contributed by atoms with Gasteiger partial charge in [-0.25, -0.2) is 23.2 Å². The Kier molecular flexibility index (Phi) is 6.84. The van der Waals surface area contributed by atoms with Gasteiger partial charge in [0.05, 0.1) is 27.2 Å². The zero-order chi connectivity index (χ0) is 30.3. The largest absolute Gasteiger partial charge is 0.368 e.